The number of carbonyl (C=O) groups is 2. The van der Waals surface area contributed by atoms with Crippen LogP contribution in [0.5, 0.6) is 0 Å². The van der Waals surface area contributed by atoms with Gasteiger partial charge < -0.3 is 10.0 Å². The van der Waals surface area contributed by atoms with E-state index < -0.39 is 16.8 Å². The number of β-lactam (4-membered cyclic amide) rings is 1. The van der Waals surface area contributed by atoms with Gasteiger partial charge >= 0.3 is 5.97 Å². The minimum Gasteiger partial charge on any atom is -0.480 e. The SMILES string of the molecule is C[C@@]1(CCl)S[C@H]2CC(=O)N2[C@H]1C(=O)O. The van der Waals surface area contributed by atoms with E-state index in [1.165, 1.54) is 16.7 Å². The number of rotatable bonds is 2. The maximum absolute atomic E-state index is 11.2. The molecule has 0 bridgehead atoms. The fraction of sp³-hybridized carbons (Fsp3) is 0.750. The Morgan fingerprint density at radius 3 is 2.93 bits per heavy atom. The summed E-state index contributed by atoms with van der Waals surface area (Å²) in [5.41, 5.74) is 0. The normalized spacial score (nSPS) is 40.7. The molecule has 0 aliphatic carbocycles. The highest BCUT2D eigenvalue weighted by molar-refractivity contribution is 8.01. The van der Waals surface area contributed by atoms with E-state index in [9.17, 15) is 9.59 Å². The first-order valence-electron chi connectivity index (χ1n) is 4.27. The van der Waals surface area contributed by atoms with E-state index in [1.807, 2.05) is 0 Å². The van der Waals surface area contributed by atoms with E-state index in [0.717, 1.165) is 0 Å². The Kier molecular flexibility index (Phi) is 2.19. The van der Waals surface area contributed by atoms with Gasteiger partial charge in [-0.1, -0.05) is 0 Å². The number of nitrogens with zero attached hydrogens (tertiary/aromatic N) is 1. The van der Waals surface area contributed by atoms with Gasteiger partial charge in [0, 0.05) is 5.88 Å². The first-order valence-corrected chi connectivity index (χ1v) is 5.69. The number of hydrogen-bond acceptors (Lipinski definition) is 3. The van der Waals surface area contributed by atoms with Crippen LogP contribution in [0.4, 0.5) is 0 Å². The molecule has 0 aromatic heterocycles. The van der Waals surface area contributed by atoms with Crippen molar-refractivity contribution in [3.05, 3.63) is 0 Å². The lowest BCUT2D eigenvalue weighted by Gasteiger charge is -2.36. The van der Waals surface area contributed by atoms with Gasteiger partial charge in [-0.2, -0.15) is 0 Å². The van der Waals surface area contributed by atoms with Gasteiger partial charge in [-0.3, -0.25) is 4.79 Å². The van der Waals surface area contributed by atoms with Crippen molar-refractivity contribution in [2.24, 2.45) is 0 Å². The number of hydrogen-bond donors (Lipinski definition) is 1. The van der Waals surface area contributed by atoms with E-state index in [2.05, 4.69) is 0 Å². The molecule has 0 spiro atoms. The standard InChI is InChI=1S/C8H10ClNO3S/c1-8(3-9)6(7(12)13)10-4(11)2-5(10)14-8/h5-6H,2-3H2,1H3,(H,12,13)/t5-,6-,8-/m0/s1. The molecule has 1 N–H and O–H groups in total. The molecule has 2 heterocycles. The number of aliphatic carboxylic acids is 1. The third-order valence-electron chi connectivity index (χ3n) is 2.71. The molecule has 6 heteroatoms. The summed E-state index contributed by atoms with van der Waals surface area (Å²) < 4.78 is -0.551. The van der Waals surface area contributed by atoms with Crippen molar-refractivity contribution in [1.82, 2.24) is 4.90 Å². The topological polar surface area (TPSA) is 57.6 Å². The van der Waals surface area contributed by atoms with Crippen LogP contribution in [0.2, 0.25) is 0 Å². The monoisotopic (exact) mass is 235 g/mol. The number of thioether (sulfide) groups is 1. The summed E-state index contributed by atoms with van der Waals surface area (Å²) in [6, 6.07) is -0.767. The number of alkyl halides is 1. The summed E-state index contributed by atoms with van der Waals surface area (Å²) >= 11 is 7.27. The van der Waals surface area contributed by atoms with Crippen molar-refractivity contribution in [2.75, 3.05) is 5.88 Å². The number of amides is 1. The van der Waals surface area contributed by atoms with Gasteiger partial charge in [-0.15, -0.1) is 23.4 Å². The van der Waals surface area contributed by atoms with Crippen LogP contribution in [0.25, 0.3) is 0 Å². The maximum Gasteiger partial charge on any atom is 0.327 e. The molecule has 2 aliphatic rings. The molecule has 2 aliphatic heterocycles. The number of fused-ring (bicyclic) bond motifs is 1. The third kappa shape index (κ3) is 1.15. The van der Waals surface area contributed by atoms with Crippen molar-refractivity contribution in [2.45, 2.75) is 29.5 Å². The Labute approximate surface area is 90.6 Å². The largest absolute Gasteiger partial charge is 0.480 e. The first-order chi connectivity index (χ1) is 6.49. The third-order valence-corrected chi connectivity index (χ3v) is 4.99. The van der Waals surface area contributed by atoms with Crippen LogP contribution in [-0.2, 0) is 9.59 Å². The van der Waals surface area contributed by atoms with Gasteiger partial charge in [0.25, 0.3) is 0 Å². The molecule has 78 valence electrons. The molecular formula is C8H10ClNO3S. The molecule has 0 aromatic rings. The summed E-state index contributed by atoms with van der Waals surface area (Å²) in [5, 5.41) is 9.07. The zero-order valence-electron chi connectivity index (χ0n) is 7.57. The zero-order valence-corrected chi connectivity index (χ0v) is 9.14. The highest BCUT2D eigenvalue weighted by atomic mass is 35.5. The van der Waals surface area contributed by atoms with Crippen molar-refractivity contribution in [3.63, 3.8) is 0 Å². The van der Waals surface area contributed by atoms with Gasteiger partial charge in [0.2, 0.25) is 5.91 Å². The average Bonchev–Trinajstić information content (AvgIpc) is 2.35. The van der Waals surface area contributed by atoms with Crippen LogP contribution in [-0.4, -0.2) is 43.9 Å². The Hall–Kier alpha value is -0.420. The maximum atomic E-state index is 11.2. The summed E-state index contributed by atoms with van der Waals surface area (Å²) in [6.07, 6.45) is 0.445. The van der Waals surface area contributed by atoms with E-state index in [4.69, 9.17) is 16.7 Å². The highest BCUT2D eigenvalue weighted by Crippen LogP contribution is 2.51. The number of halogens is 1. The van der Waals surface area contributed by atoms with Crippen LogP contribution < -0.4 is 0 Å². The van der Waals surface area contributed by atoms with Crippen LogP contribution in [0.3, 0.4) is 0 Å². The Morgan fingerprint density at radius 2 is 2.50 bits per heavy atom. The van der Waals surface area contributed by atoms with Crippen molar-refractivity contribution in [3.8, 4) is 0 Å². The number of carbonyl (C=O) groups excluding carboxylic acids is 1. The Morgan fingerprint density at radius 1 is 1.86 bits per heavy atom. The van der Waals surface area contributed by atoms with E-state index in [0.29, 0.717) is 6.42 Å². The predicted molar refractivity (Wildman–Crippen MR) is 53.4 cm³/mol. The van der Waals surface area contributed by atoms with Crippen LogP contribution in [0.1, 0.15) is 13.3 Å². The summed E-state index contributed by atoms with van der Waals surface area (Å²) in [6.45, 7) is 1.80. The average molecular weight is 236 g/mol. The fourth-order valence-electron chi connectivity index (χ4n) is 1.96. The van der Waals surface area contributed by atoms with Crippen LogP contribution >= 0.6 is 23.4 Å². The summed E-state index contributed by atoms with van der Waals surface area (Å²) in [4.78, 5) is 23.7. The van der Waals surface area contributed by atoms with Crippen molar-refractivity contribution >= 4 is 35.2 Å². The zero-order chi connectivity index (χ0) is 10.5. The quantitative estimate of drug-likeness (QED) is 0.567. The van der Waals surface area contributed by atoms with Gasteiger partial charge in [0.05, 0.1) is 16.5 Å². The molecule has 2 rings (SSSR count). The fourth-order valence-corrected chi connectivity index (χ4v) is 3.91. The number of carboxylic acids is 1. The highest BCUT2D eigenvalue weighted by Gasteiger charge is 2.60. The van der Waals surface area contributed by atoms with Gasteiger partial charge in [0.1, 0.15) is 6.04 Å². The predicted octanol–water partition coefficient (Wildman–Crippen LogP) is 0.742. The van der Waals surface area contributed by atoms with Gasteiger partial charge in [0.15, 0.2) is 0 Å². The summed E-state index contributed by atoms with van der Waals surface area (Å²) in [5.74, 6) is -0.797. The van der Waals surface area contributed by atoms with E-state index in [1.54, 1.807) is 6.92 Å². The lowest BCUT2D eigenvalue weighted by atomic mass is 9.98. The lowest BCUT2D eigenvalue weighted by Crippen LogP contribution is -2.57. The Bertz CT molecular complexity index is 311. The second-order valence-corrected chi connectivity index (χ2v) is 5.74. The lowest BCUT2D eigenvalue weighted by molar-refractivity contribution is -0.157. The molecule has 4 nitrogen and oxygen atoms in total. The second-order valence-electron chi connectivity index (χ2n) is 3.76. The minimum absolute atomic E-state index is 0.0207. The molecule has 2 fully saturated rings. The van der Waals surface area contributed by atoms with Gasteiger partial charge in [-0.25, -0.2) is 4.79 Å². The second kappa shape index (κ2) is 3.03. The number of carboxylic acid groups (broad SMARTS) is 1. The molecular weight excluding hydrogens is 226 g/mol. The van der Waals surface area contributed by atoms with Crippen molar-refractivity contribution in [1.29, 1.82) is 0 Å². The van der Waals surface area contributed by atoms with Crippen LogP contribution in [0.15, 0.2) is 0 Å². The smallest absolute Gasteiger partial charge is 0.327 e. The Balaban J connectivity index is 2.31. The molecule has 2 saturated heterocycles. The van der Waals surface area contributed by atoms with Gasteiger partial charge in [-0.05, 0) is 6.92 Å². The molecule has 0 radical (unpaired) electrons. The molecule has 1 amide bonds. The molecule has 0 unspecified atom stereocenters. The minimum atomic E-state index is -0.962. The van der Waals surface area contributed by atoms with E-state index >= 15 is 0 Å². The molecule has 14 heavy (non-hydrogen) atoms. The van der Waals surface area contributed by atoms with Crippen molar-refractivity contribution < 1.29 is 14.7 Å². The molecule has 0 saturated carbocycles. The summed E-state index contributed by atoms with van der Waals surface area (Å²) in [7, 11) is 0. The van der Waals surface area contributed by atoms with E-state index in [-0.39, 0.29) is 17.2 Å². The molecule has 0 aromatic carbocycles. The first kappa shape index (κ1) is 10.1. The molecule has 3 atom stereocenters. The van der Waals surface area contributed by atoms with Crippen LogP contribution in [0, 0.1) is 0 Å².